The minimum Gasteiger partial charge on any atom is -0.307 e. The lowest BCUT2D eigenvalue weighted by molar-refractivity contribution is 0.566. The lowest BCUT2D eigenvalue weighted by Crippen LogP contribution is -2.18. The summed E-state index contributed by atoms with van der Waals surface area (Å²) in [5, 5.41) is 10.3. The van der Waals surface area contributed by atoms with Gasteiger partial charge in [0.15, 0.2) is 0 Å². The van der Waals surface area contributed by atoms with E-state index in [1.54, 1.807) is 22.7 Å². The van der Waals surface area contributed by atoms with E-state index in [2.05, 4.69) is 61.1 Å². The smallest absolute Gasteiger partial charge is 0.114 e. The Labute approximate surface area is 133 Å². The summed E-state index contributed by atoms with van der Waals surface area (Å²) in [7, 11) is 2.01. The highest BCUT2D eigenvalue weighted by molar-refractivity contribution is 7.17. The highest BCUT2D eigenvalue weighted by Crippen LogP contribution is 2.35. The average molecular weight is 316 g/mol. The minimum absolute atomic E-state index is 0.101. The van der Waals surface area contributed by atoms with Crippen molar-refractivity contribution in [3.8, 4) is 0 Å². The Morgan fingerprint density at radius 2 is 1.86 bits per heavy atom. The second kappa shape index (κ2) is 5.52. The standard InChI is InChI=1S/C17H20N2S2/c1-17(2,3)14-10-21-16(19-14)15(18-4)12-9-20-13-8-6-5-7-11(12)13/h5-10,15,18H,1-4H3. The summed E-state index contributed by atoms with van der Waals surface area (Å²) >= 11 is 3.55. The zero-order chi connectivity index (χ0) is 15.0. The van der Waals surface area contributed by atoms with E-state index in [0.717, 1.165) is 5.01 Å². The van der Waals surface area contributed by atoms with E-state index in [4.69, 9.17) is 4.98 Å². The van der Waals surface area contributed by atoms with Crippen LogP contribution in [0.3, 0.4) is 0 Å². The third-order valence-electron chi connectivity index (χ3n) is 3.65. The summed E-state index contributed by atoms with van der Waals surface area (Å²) in [6.45, 7) is 6.63. The van der Waals surface area contributed by atoms with E-state index in [9.17, 15) is 0 Å². The minimum atomic E-state index is 0.101. The van der Waals surface area contributed by atoms with Crippen LogP contribution in [0, 0.1) is 0 Å². The van der Waals surface area contributed by atoms with Gasteiger partial charge in [-0.2, -0.15) is 0 Å². The van der Waals surface area contributed by atoms with Gasteiger partial charge >= 0.3 is 0 Å². The Hall–Kier alpha value is -1.23. The first-order valence-electron chi connectivity index (χ1n) is 7.10. The predicted molar refractivity (Wildman–Crippen MR) is 93.5 cm³/mol. The normalized spacial score (nSPS) is 13.7. The Morgan fingerprint density at radius 3 is 2.52 bits per heavy atom. The molecule has 0 saturated carbocycles. The van der Waals surface area contributed by atoms with E-state index < -0.39 is 0 Å². The molecule has 0 aliphatic carbocycles. The molecule has 3 rings (SSSR count). The zero-order valence-electron chi connectivity index (χ0n) is 12.8. The van der Waals surface area contributed by atoms with Crippen LogP contribution >= 0.6 is 22.7 Å². The van der Waals surface area contributed by atoms with Crippen molar-refractivity contribution in [3.63, 3.8) is 0 Å². The van der Waals surface area contributed by atoms with Gasteiger partial charge in [0.2, 0.25) is 0 Å². The Bertz CT molecular complexity index is 749. The van der Waals surface area contributed by atoms with Gasteiger partial charge in [-0.15, -0.1) is 22.7 Å². The van der Waals surface area contributed by atoms with Crippen molar-refractivity contribution in [2.45, 2.75) is 32.2 Å². The first-order chi connectivity index (χ1) is 10.0. The molecular weight excluding hydrogens is 296 g/mol. The van der Waals surface area contributed by atoms with Gasteiger partial charge in [-0.25, -0.2) is 4.98 Å². The molecule has 0 aliphatic rings. The molecule has 2 aromatic heterocycles. The number of nitrogens with zero attached hydrogens (tertiary/aromatic N) is 1. The van der Waals surface area contributed by atoms with Crippen LogP contribution in [0.1, 0.15) is 43.1 Å². The third kappa shape index (κ3) is 2.76. The molecule has 110 valence electrons. The quantitative estimate of drug-likeness (QED) is 0.738. The summed E-state index contributed by atoms with van der Waals surface area (Å²) in [5.74, 6) is 0. The average Bonchev–Trinajstić information content (AvgIpc) is 3.07. The second-order valence-corrected chi connectivity index (χ2v) is 8.03. The van der Waals surface area contributed by atoms with Crippen molar-refractivity contribution in [2.75, 3.05) is 7.05 Å². The summed E-state index contributed by atoms with van der Waals surface area (Å²) < 4.78 is 1.33. The number of fused-ring (bicyclic) bond motifs is 1. The molecule has 0 bridgehead atoms. The van der Waals surface area contributed by atoms with Gasteiger partial charge in [0.05, 0.1) is 11.7 Å². The molecule has 0 aliphatic heterocycles. The van der Waals surface area contributed by atoms with Crippen LogP contribution in [0.2, 0.25) is 0 Å². The molecular formula is C17H20N2S2. The van der Waals surface area contributed by atoms with Crippen molar-refractivity contribution in [3.05, 3.63) is 51.3 Å². The molecule has 2 heterocycles. The fourth-order valence-electron chi connectivity index (χ4n) is 2.40. The molecule has 0 saturated heterocycles. The number of aromatic nitrogens is 1. The third-order valence-corrected chi connectivity index (χ3v) is 5.54. The first-order valence-corrected chi connectivity index (χ1v) is 8.86. The van der Waals surface area contributed by atoms with Crippen molar-refractivity contribution in [1.82, 2.24) is 10.3 Å². The van der Waals surface area contributed by atoms with Crippen LogP contribution in [0.4, 0.5) is 0 Å². The lowest BCUT2D eigenvalue weighted by Gasteiger charge is -2.16. The van der Waals surface area contributed by atoms with Crippen LogP contribution in [0.15, 0.2) is 35.0 Å². The summed E-state index contributed by atoms with van der Waals surface area (Å²) in [6.07, 6.45) is 0. The Balaban J connectivity index is 2.04. The maximum atomic E-state index is 4.88. The molecule has 0 spiro atoms. The van der Waals surface area contributed by atoms with E-state index in [-0.39, 0.29) is 11.5 Å². The van der Waals surface area contributed by atoms with Gasteiger partial charge in [-0.05, 0) is 29.4 Å². The molecule has 1 N–H and O–H groups in total. The van der Waals surface area contributed by atoms with E-state index in [1.807, 2.05) is 7.05 Å². The fourth-order valence-corrected chi connectivity index (χ4v) is 4.56. The zero-order valence-corrected chi connectivity index (χ0v) is 14.4. The molecule has 0 amide bonds. The predicted octanol–water partition coefficient (Wildman–Crippen LogP) is 4.96. The van der Waals surface area contributed by atoms with Crippen LogP contribution in [-0.4, -0.2) is 12.0 Å². The number of rotatable bonds is 3. The fraction of sp³-hybridized carbons (Fsp3) is 0.353. The second-order valence-electron chi connectivity index (χ2n) is 6.23. The van der Waals surface area contributed by atoms with Gasteiger partial charge in [0, 0.05) is 15.5 Å². The molecule has 2 nitrogen and oxygen atoms in total. The first kappa shape index (κ1) is 14.7. The number of hydrogen-bond acceptors (Lipinski definition) is 4. The largest absolute Gasteiger partial charge is 0.307 e. The molecule has 1 atom stereocenters. The van der Waals surface area contributed by atoms with E-state index >= 15 is 0 Å². The number of thiazole rings is 1. The molecule has 21 heavy (non-hydrogen) atoms. The van der Waals surface area contributed by atoms with Crippen molar-refractivity contribution < 1.29 is 0 Å². The number of hydrogen-bond donors (Lipinski definition) is 1. The Kier molecular flexibility index (Phi) is 3.86. The van der Waals surface area contributed by atoms with Crippen LogP contribution in [0.25, 0.3) is 10.1 Å². The molecule has 1 aromatic carbocycles. The monoisotopic (exact) mass is 316 g/mol. The topological polar surface area (TPSA) is 24.9 Å². The van der Waals surface area contributed by atoms with Crippen LogP contribution in [0.5, 0.6) is 0 Å². The van der Waals surface area contributed by atoms with E-state index in [0.29, 0.717) is 0 Å². The maximum absolute atomic E-state index is 4.88. The SMILES string of the molecule is CNC(c1nc(C(C)(C)C)cs1)c1csc2ccccc12. The Morgan fingerprint density at radius 1 is 1.10 bits per heavy atom. The van der Waals surface area contributed by atoms with Crippen molar-refractivity contribution in [2.24, 2.45) is 0 Å². The van der Waals surface area contributed by atoms with Gasteiger partial charge < -0.3 is 5.32 Å². The number of benzene rings is 1. The highest BCUT2D eigenvalue weighted by Gasteiger charge is 2.23. The van der Waals surface area contributed by atoms with Gasteiger partial charge in [-0.3, -0.25) is 0 Å². The van der Waals surface area contributed by atoms with E-state index in [1.165, 1.54) is 21.3 Å². The molecule has 1 unspecified atom stereocenters. The van der Waals surface area contributed by atoms with Gasteiger partial charge in [0.25, 0.3) is 0 Å². The summed E-state index contributed by atoms with van der Waals surface area (Å²) in [5.41, 5.74) is 2.60. The maximum Gasteiger partial charge on any atom is 0.114 e. The lowest BCUT2D eigenvalue weighted by atomic mass is 9.93. The van der Waals surface area contributed by atoms with Crippen LogP contribution < -0.4 is 5.32 Å². The molecule has 0 radical (unpaired) electrons. The van der Waals surface area contributed by atoms with Gasteiger partial charge in [0.1, 0.15) is 5.01 Å². The highest BCUT2D eigenvalue weighted by atomic mass is 32.1. The number of thiophene rings is 1. The number of nitrogens with one attached hydrogen (secondary N) is 1. The molecule has 4 heteroatoms. The molecule has 0 fully saturated rings. The van der Waals surface area contributed by atoms with Crippen molar-refractivity contribution in [1.29, 1.82) is 0 Å². The van der Waals surface area contributed by atoms with Crippen LogP contribution in [-0.2, 0) is 5.41 Å². The summed E-state index contributed by atoms with van der Waals surface area (Å²) in [4.78, 5) is 4.88. The van der Waals surface area contributed by atoms with Gasteiger partial charge in [-0.1, -0.05) is 39.0 Å². The van der Waals surface area contributed by atoms with Crippen molar-refractivity contribution >= 4 is 32.8 Å². The summed E-state index contributed by atoms with van der Waals surface area (Å²) in [6, 6.07) is 8.75. The molecule has 3 aromatic rings.